The van der Waals surface area contributed by atoms with Crippen LogP contribution in [-0.4, -0.2) is 29.1 Å². The number of hydrogen-bond acceptors (Lipinski definition) is 5. The van der Waals surface area contributed by atoms with Crippen LogP contribution in [0.5, 0.6) is 0 Å². The first kappa shape index (κ1) is 19.1. The molecule has 0 saturated carbocycles. The third-order valence-electron chi connectivity index (χ3n) is 4.61. The molecule has 0 bridgehead atoms. The molecule has 2 heterocycles. The average Bonchev–Trinajstić information content (AvgIpc) is 3.12. The van der Waals surface area contributed by atoms with E-state index in [1.165, 1.54) is 11.1 Å². The van der Waals surface area contributed by atoms with E-state index in [0.29, 0.717) is 29.4 Å². The number of carbonyl (C=O) groups is 1. The summed E-state index contributed by atoms with van der Waals surface area (Å²) < 4.78 is 5.23. The Kier molecular flexibility index (Phi) is 5.88. The van der Waals surface area contributed by atoms with Gasteiger partial charge in [-0.25, -0.2) is 0 Å². The number of aromatic nitrogens is 2. The monoisotopic (exact) mass is 384 g/mol. The van der Waals surface area contributed by atoms with Crippen LogP contribution in [0.15, 0.2) is 53.1 Å². The summed E-state index contributed by atoms with van der Waals surface area (Å²) >= 11 is 0. The Morgan fingerprint density at radius 1 is 1.22 bits per heavy atom. The number of amides is 1. The predicted molar refractivity (Wildman–Crippen MR) is 105 cm³/mol. The minimum absolute atomic E-state index is 0. The molecule has 1 aliphatic heterocycles. The van der Waals surface area contributed by atoms with E-state index in [1.54, 1.807) is 13.0 Å². The fourth-order valence-corrected chi connectivity index (χ4v) is 3.34. The second kappa shape index (κ2) is 8.33. The smallest absolute Gasteiger partial charge is 0.258 e. The van der Waals surface area contributed by atoms with Crippen LogP contribution in [-0.2, 0) is 6.42 Å². The highest BCUT2D eigenvalue weighted by molar-refractivity contribution is 5.99. The molecule has 3 aromatic rings. The van der Waals surface area contributed by atoms with Gasteiger partial charge in [0.15, 0.2) is 5.82 Å². The van der Waals surface area contributed by atoms with Crippen LogP contribution in [0.2, 0.25) is 0 Å². The maximum absolute atomic E-state index is 12.8. The van der Waals surface area contributed by atoms with E-state index in [9.17, 15) is 4.79 Å². The summed E-state index contributed by atoms with van der Waals surface area (Å²) in [6, 6.07) is 15.7. The highest BCUT2D eigenvalue weighted by Gasteiger charge is 2.21. The summed E-state index contributed by atoms with van der Waals surface area (Å²) in [6.45, 7) is 3.18. The molecule has 1 amide bonds. The molecule has 1 atom stereocenters. The topological polar surface area (TPSA) is 80.0 Å². The Hall–Kier alpha value is -2.70. The van der Waals surface area contributed by atoms with Crippen LogP contribution >= 0.6 is 12.4 Å². The third kappa shape index (κ3) is 4.02. The number of nitrogens with zero attached hydrogens (tertiary/aromatic N) is 2. The van der Waals surface area contributed by atoms with E-state index in [1.807, 2.05) is 24.3 Å². The van der Waals surface area contributed by atoms with Gasteiger partial charge < -0.3 is 15.2 Å². The molecule has 140 valence electrons. The number of hydrogen-bond donors (Lipinski definition) is 2. The molecule has 7 heteroatoms. The first-order valence-corrected chi connectivity index (χ1v) is 8.71. The van der Waals surface area contributed by atoms with Crippen LogP contribution < -0.4 is 10.6 Å². The SMILES string of the molecule is Cc1noc(-c2ccccc2C(=O)NCC2NCCc3ccccc32)n1.Cl. The Morgan fingerprint density at radius 2 is 2.00 bits per heavy atom. The molecule has 0 aliphatic carbocycles. The summed E-state index contributed by atoms with van der Waals surface area (Å²) in [5, 5.41) is 10.3. The van der Waals surface area contributed by atoms with Crippen molar-refractivity contribution >= 4 is 18.3 Å². The molecule has 2 aromatic carbocycles. The van der Waals surface area contributed by atoms with Gasteiger partial charge in [0, 0.05) is 12.6 Å². The lowest BCUT2D eigenvalue weighted by molar-refractivity contribution is 0.0949. The number of aryl methyl sites for hydroxylation is 1. The molecule has 1 aromatic heterocycles. The van der Waals surface area contributed by atoms with Crippen molar-refractivity contribution in [3.8, 4) is 11.5 Å². The second-order valence-corrected chi connectivity index (χ2v) is 6.36. The van der Waals surface area contributed by atoms with E-state index in [4.69, 9.17) is 4.52 Å². The first-order valence-electron chi connectivity index (χ1n) is 8.71. The number of nitrogens with one attached hydrogen (secondary N) is 2. The molecular weight excluding hydrogens is 364 g/mol. The van der Waals surface area contributed by atoms with Crippen molar-refractivity contribution < 1.29 is 9.32 Å². The minimum Gasteiger partial charge on any atom is -0.350 e. The Labute approximate surface area is 163 Å². The quantitative estimate of drug-likeness (QED) is 0.722. The van der Waals surface area contributed by atoms with Gasteiger partial charge in [-0.3, -0.25) is 4.79 Å². The van der Waals surface area contributed by atoms with E-state index in [0.717, 1.165) is 13.0 Å². The summed E-state index contributed by atoms with van der Waals surface area (Å²) in [6.07, 6.45) is 1.01. The van der Waals surface area contributed by atoms with Gasteiger partial charge in [0.2, 0.25) is 0 Å². The Balaban J connectivity index is 0.00000210. The summed E-state index contributed by atoms with van der Waals surface area (Å²) in [5.74, 6) is 0.744. The lowest BCUT2D eigenvalue weighted by atomic mass is 9.94. The van der Waals surface area contributed by atoms with Crippen molar-refractivity contribution in [2.75, 3.05) is 13.1 Å². The van der Waals surface area contributed by atoms with Gasteiger partial charge >= 0.3 is 0 Å². The van der Waals surface area contributed by atoms with Gasteiger partial charge in [0.1, 0.15) is 0 Å². The largest absolute Gasteiger partial charge is 0.350 e. The zero-order chi connectivity index (χ0) is 17.9. The normalized spacial score (nSPS) is 15.5. The van der Waals surface area contributed by atoms with Gasteiger partial charge in [0.25, 0.3) is 11.8 Å². The molecule has 4 rings (SSSR count). The van der Waals surface area contributed by atoms with E-state index in [-0.39, 0.29) is 24.4 Å². The molecule has 0 fully saturated rings. The molecule has 0 radical (unpaired) electrons. The van der Waals surface area contributed by atoms with Gasteiger partial charge in [-0.1, -0.05) is 41.6 Å². The first-order chi connectivity index (χ1) is 12.7. The molecule has 6 nitrogen and oxygen atoms in total. The lowest BCUT2D eigenvalue weighted by Crippen LogP contribution is -2.39. The standard InChI is InChI=1S/C20H20N4O2.ClH/c1-13-23-20(26-24-13)17-9-5-4-8-16(17)19(25)22-12-18-15-7-3-2-6-14(15)10-11-21-18;/h2-9,18,21H,10-12H2,1H3,(H,22,25);1H. The molecule has 0 saturated heterocycles. The second-order valence-electron chi connectivity index (χ2n) is 6.36. The van der Waals surface area contributed by atoms with Crippen LogP contribution in [0, 0.1) is 6.92 Å². The molecule has 1 aliphatic rings. The van der Waals surface area contributed by atoms with Crippen LogP contribution in [0.25, 0.3) is 11.5 Å². The van der Waals surface area contributed by atoms with Crippen LogP contribution in [0.3, 0.4) is 0 Å². The Morgan fingerprint density at radius 3 is 2.81 bits per heavy atom. The van der Waals surface area contributed by atoms with Crippen molar-refractivity contribution in [2.45, 2.75) is 19.4 Å². The van der Waals surface area contributed by atoms with Gasteiger partial charge in [0.05, 0.1) is 11.1 Å². The zero-order valence-corrected chi connectivity index (χ0v) is 15.8. The molecule has 0 spiro atoms. The van der Waals surface area contributed by atoms with Gasteiger partial charge in [-0.05, 0) is 43.1 Å². The van der Waals surface area contributed by atoms with Gasteiger partial charge in [-0.2, -0.15) is 4.98 Å². The highest BCUT2D eigenvalue weighted by atomic mass is 35.5. The van der Waals surface area contributed by atoms with Crippen molar-refractivity contribution in [3.63, 3.8) is 0 Å². The molecule has 27 heavy (non-hydrogen) atoms. The fourth-order valence-electron chi connectivity index (χ4n) is 3.34. The number of halogens is 1. The number of rotatable bonds is 4. The van der Waals surface area contributed by atoms with Crippen molar-refractivity contribution in [1.82, 2.24) is 20.8 Å². The van der Waals surface area contributed by atoms with E-state index in [2.05, 4.69) is 39.0 Å². The number of fused-ring (bicyclic) bond motifs is 1. The van der Waals surface area contributed by atoms with Crippen LogP contribution in [0.4, 0.5) is 0 Å². The summed E-state index contributed by atoms with van der Waals surface area (Å²) in [5.41, 5.74) is 3.76. The lowest BCUT2D eigenvalue weighted by Gasteiger charge is -2.27. The maximum atomic E-state index is 12.8. The zero-order valence-electron chi connectivity index (χ0n) is 14.9. The highest BCUT2D eigenvalue weighted by Crippen LogP contribution is 2.24. The van der Waals surface area contributed by atoms with E-state index >= 15 is 0 Å². The number of carbonyl (C=O) groups excluding carboxylic acids is 1. The summed E-state index contributed by atoms with van der Waals surface area (Å²) in [7, 11) is 0. The van der Waals surface area contributed by atoms with Gasteiger partial charge in [-0.15, -0.1) is 12.4 Å². The summed E-state index contributed by atoms with van der Waals surface area (Å²) in [4.78, 5) is 17.0. The van der Waals surface area contributed by atoms with E-state index < -0.39 is 0 Å². The maximum Gasteiger partial charge on any atom is 0.258 e. The molecular formula is C20H21ClN4O2. The van der Waals surface area contributed by atoms with Crippen molar-refractivity contribution in [3.05, 3.63) is 71.0 Å². The van der Waals surface area contributed by atoms with Crippen molar-refractivity contribution in [1.29, 1.82) is 0 Å². The molecule has 1 unspecified atom stereocenters. The Bertz CT molecular complexity index is 941. The predicted octanol–water partition coefficient (Wildman–Crippen LogP) is 3.08. The van der Waals surface area contributed by atoms with Crippen LogP contribution in [0.1, 0.15) is 33.4 Å². The van der Waals surface area contributed by atoms with Crippen molar-refractivity contribution in [2.24, 2.45) is 0 Å². The third-order valence-corrected chi connectivity index (χ3v) is 4.61. The number of benzene rings is 2. The fraction of sp³-hybridized carbons (Fsp3) is 0.250. The minimum atomic E-state index is -0.152. The average molecular weight is 385 g/mol. The molecule has 2 N–H and O–H groups in total.